The van der Waals surface area contributed by atoms with Crippen LogP contribution in [0.15, 0.2) is 100 Å². The molecule has 2 saturated carbocycles. The molecule has 0 aliphatic heterocycles. The van der Waals surface area contributed by atoms with Crippen molar-refractivity contribution < 1.29 is 5.11 Å². The zero-order valence-corrected chi connectivity index (χ0v) is 33.2. The normalized spacial score (nSPS) is 13.8. The first-order valence-electron chi connectivity index (χ1n) is 17.9. The Labute approximate surface area is 334 Å². The summed E-state index contributed by atoms with van der Waals surface area (Å²) < 4.78 is 4.89. The number of halogens is 1. The van der Waals surface area contributed by atoms with E-state index in [4.69, 9.17) is 5.11 Å². The highest BCUT2D eigenvalue weighted by molar-refractivity contribution is 9.10. The third-order valence-electron chi connectivity index (χ3n) is 9.68. The molecule has 6 heterocycles. The monoisotopic (exact) mass is 826 g/mol. The number of benzene rings is 2. The molecule has 6 aromatic heterocycles. The van der Waals surface area contributed by atoms with Crippen molar-refractivity contribution in [2.24, 2.45) is 0 Å². The molecule has 0 spiro atoms. The molecule has 10 rings (SSSR count). The number of aliphatic hydroxyl groups excluding tert-OH is 1. The summed E-state index contributed by atoms with van der Waals surface area (Å²) in [5.41, 5.74) is 10.9. The number of nitrogens with one attached hydrogen (secondary N) is 2. The molecule has 11 nitrogen and oxygen atoms in total. The zero-order valence-electron chi connectivity index (χ0n) is 30.0. The number of hydrogen-bond acceptors (Lipinski definition) is 9. The largest absolute Gasteiger partial charge is 0.384 e. The fourth-order valence-corrected chi connectivity index (χ4v) is 8.07. The van der Waals surface area contributed by atoms with Crippen molar-refractivity contribution in [3.63, 3.8) is 0 Å². The number of hydrogen-bond donors (Lipinski definition) is 3. The molecule has 8 aromatic rings. The minimum Gasteiger partial charge on any atom is -0.384 e. The minimum atomic E-state index is -0.192. The van der Waals surface area contributed by atoms with Crippen molar-refractivity contribution in [2.45, 2.75) is 47.6 Å². The van der Waals surface area contributed by atoms with E-state index in [-0.39, 0.29) is 6.61 Å². The minimum absolute atomic E-state index is 0.192. The highest BCUT2D eigenvalue weighted by Crippen LogP contribution is 2.40. The first-order chi connectivity index (χ1) is 27.0. The summed E-state index contributed by atoms with van der Waals surface area (Å²) >= 11 is 6.62. The lowest BCUT2D eigenvalue weighted by Crippen LogP contribution is -1.97. The second-order valence-electron chi connectivity index (χ2n) is 13.4. The maximum Gasteiger partial charge on any atom is 0.170 e. The third-order valence-corrected chi connectivity index (χ3v) is 11.4. The Morgan fingerprint density at radius 3 is 1.62 bits per heavy atom. The van der Waals surface area contributed by atoms with Gasteiger partial charge < -0.3 is 15.1 Å². The van der Waals surface area contributed by atoms with E-state index in [9.17, 15) is 0 Å². The predicted molar refractivity (Wildman–Crippen MR) is 221 cm³/mol. The highest BCUT2D eigenvalue weighted by atomic mass is 79.9. The molecule has 2 fully saturated rings. The topological polar surface area (TPSA) is 138 Å². The second kappa shape index (κ2) is 15.1. The molecule has 14 heteroatoms. The van der Waals surface area contributed by atoms with Gasteiger partial charge in [0, 0.05) is 35.4 Å². The van der Waals surface area contributed by atoms with Gasteiger partial charge in [0.25, 0.3) is 0 Å². The molecule has 274 valence electrons. The molecule has 2 aliphatic carbocycles. The van der Waals surface area contributed by atoms with E-state index in [0.717, 1.165) is 82.6 Å². The number of rotatable bonds is 8. The smallest absolute Gasteiger partial charge is 0.170 e. The molecular weight excluding hydrogens is 793 g/mol. The number of fused-ring (bicyclic) bond motifs is 2. The van der Waals surface area contributed by atoms with Crippen molar-refractivity contribution in [3.05, 3.63) is 108 Å². The van der Waals surface area contributed by atoms with Gasteiger partial charge in [0.05, 0.1) is 47.6 Å². The maximum atomic E-state index is 8.98. The van der Waals surface area contributed by atoms with Gasteiger partial charge in [-0.3, -0.25) is 8.80 Å². The Morgan fingerprint density at radius 1 is 0.673 bits per heavy atom. The highest BCUT2D eigenvalue weighted by Gasteiger charge is 2.27. The van der Waals surface area contributed by atoms with Crippen LogP contribution in [-0.4, -0.2) is 72.9 Å². The lowest BCUT2D eigenvalue weighted by atomic mass is 10.1. The summed E-state index contributed by atoms with van der Waals surface area (Å²) in [6, 6.07) is 16.9. The summed E-state index contributed by atoms with van der Waals surface area (Å²) in [6.45, 7) is -0.192. The number of aromatic amines is 2. The molecule has 0 bridgehead atoms. The summed E-state index contributed by atoms with van der Waals surface area (Å²) in [4.78, 5) is 34.1. The number of H-pyrrole nitrogens is 2. The van der Waals surface area contributed by atoms with Gasteiger partial charge in [-0.1, -0.05) is 54.5 Å². The Kier molecular flexibility index (Phi) is 9.78. The average Bonchev–Trinajstić information content (AvgIpc) is 4.02. The van der Waals surface area contributed by atoms with Crippen LogP contribution >= 0.6 is 39.5 Å². The van der Waals surface area contributed by atoms with Gasteiger partial charge in [-0.25, -0.2) is 29.9 Å². The summed E-state index contributed by atoms with van der Waals surface area (Å²) in [5.74, 6) is 9.02. The van der Waals surface area contributed by atoms with Gasteiger partial charge in [0.15, 0.2) is 11.3 Å². The van der Waals surface area contributed by atoms with E-state index in [1.807, 2.05) is 54.1 Å². The molecule has 3 N–H and O–H groups in total. The van der Waals surface area contributed by atoms with Crippen LogP contribution in [0, 0.1) is 11.8 Å². The van der Waals surface area contributed by atoms with Gasteiger partial charge >= 0.3 is 0 Å². The van der Waals surface area contributed by atoms with E-state index >= 15 is 0 Å². The fraction of sp³-hybridized carbons (Fsp3) is 0.220. The van der Waals surface area contributed by atoms with Crippen molar-refractivity contribution in [3.8, 4) is 56.9 Å². The molecule has 0 atom stereocenters. The number of nitrogens with zero attached hydrogens (tertiary/aromatic N) is 8. The Morgan fingerprint density at radius 2 is 1.15 bits per heavy atom. The van der Waals surface area contributed by atoms with Gasteiger partial charge in [0.2, 0.25) is 0 Å². The van der Waals surface area contributed by atoms with Gasteiger partial charge in [-0.15, -0.1) is 23.5 Å². The van der Waals surface area contributed by atoms with Crippen molar-refractivity contribution >= 4 is 50.7 Å². The molecular formula is C41H35BrN10OS2. The quantitative estimate of drug-likeness (QED) is 0.101. The summed E-state index contributed by atoms with van der Waals surface area (Å²) in [7, 11) is 0. The lowest BCUT2D eigenvalue weighted by molar-refractivity contribution is 0.350. The lowest BCUT2D eigenvalue weighted by Gasteiger charge is -2.06. The predicted octanol–water partition coefficient (Wildman–Crippen LogP) is 8.88. The van der Waals surface area contributed by atoms with Gasteiger partial charge in [-0.2, -0.15) is 0 Å². The van der Waals surface area contributed by atoms with Crippen LogP contribution in [0.5, 0.6) is 0 Å². The molecule has 0 amide bonds. The molecule has 0 radical (unpaired) electrons. The number of aliphatic hydroxyl groups is 1. The summed E-state index contributed by atoms with van der Waals surface area (Å²) in [6.07, 6.45) is 20.4. The zero-order chi connectivity index (χ0) is 37.5. The number of imidazole rings is 4. The molecule has 0 saturated heterocycles. The third kappa shape index (κ3) is 7.32. The number of aromatic nitrogens is 10. The second-order valence-corrected chi connectivity index (χ2v) is 15.8. The van der Waals surface area contributed by atoms with E-state index in [2.05, 4.69) is 121 Å². The molecule has 55 heavy (non-hydrogen) atoms. The molecule has 0 unspecified atom stereocenters. The molecule has 2 aliphatic rings. The van der Waals surface area contributed by atoms with Crippen LogP contribution < -0.4 is 0 Å². The standard InChI is InChI=1S/C22H19N5OS.C19H16BrN5S/c1-29-22-21-24-12-19(27(21)13-17(25-22)3-2-10-28)15-6-4-14(5-7-15)18-11-23-20(26-18)16-8-9-16;1-26-19-18-22-9-15(25(18)10-16(20)24-19)12-4-2-11(3-5-12)14-8-21-17(23-14)13-6-7-13/h4-7,11-13,16,28H,8-10H2,1H3,(H,23,26);2-5,8-10,13H,6-7H2,1H3,(H,21,23). The SMILES string of the molecule is CSc1nc(Br)cn2c(-c3ccc(-c4cnc(C5CC5)[nH]4)cc3)cnc12.CSc1nc(C#CCO)cn2c(-c3ccc(-c4cnc(C5CC5)[nH]4)cc3)cnc12. The Bertz CT molecular complexity index is 2710. The van der Waals surface area contributed by atoms with Crippen LogP contribution in [-0.2, 0) is 0 Å². The Balaban J connectivity index is 0.000000145. The van der Waals surface area contributed by atoms with Gasteiger partial charge in [-0.05, 0) is 71.2 Å². The maximum absolute atomic E-state index is 8.98. The van der Waals surface area contributed by atoms with E-state index < -0.39 is 0 Å². The fourth-order valence-electron chi connectivity index (χ4n) is 6.52. The van der Waals surface area contributed by atoms with Crippen LogP contribution in [0.4, 0.5) is 0 Å². The van der Waals surface area contributed by atoms with Crippen molar-refractivity contribution in [1.29, 1.82) is 0 Å². The van der Waals surface area contributed by atoms with Crippen LogP contribution in [0.3, 0.4) is 0 Å². The Hall–Kier alpha value is -5.20. The first kappa shape index (κ1) is 35.5. The average molecular weight is 828 g/mol. The number of thioether (sulfide) groups is 2. The van der Waals surface area contributed by atoms with E-state index in [1.165, 1.54) is 37.4 Å². The van der Waals surface area contributed by atoms with Crippen molar-refractivity contribution in [2.75, 3.05) is 19.1 Å². The van der Waals surface area contributed by atoms with E-state index in [0.29, 0.717) is 17.5 Å². The van der Waals surface area contributed by atoms with Crippen LogP contribution in [0.2, 0.25) is 0 Å². The van der Waals surface area contributed by atoms with E-state index in [1.54, 1.807) is 11.8 Å². The van der Waals surface area contributed by atoms with Crippen LogP contribution in [0.25, 0.3) is 56.3 Å². The molecule has 2 aromatic carbocycles. The van der Waals surface area contributed by atoms with Crippen molar-refractivity contribution in [1.82, 2.24) is 48.7 Å². The van der Waals surface area contributed by atoms with Crippen LogP contribution in [0.1, 0.15) is 54.9 Å². The first-order valence-corrected chi connectivity index (χ1v) is 21.1. The summed E-state index contributed by atoms with van der Waals surface area (Å²) in [5, 5.41) is 10.7. The van der Waals surface area contributed by atoms with Gasteiger partial charge in [0.1, 0.15) is 38.6 Å².